The van der Waals surface area contributed by atoms with Crippen molar-refractivity contribution >= 4 is 34.4 Å². The van der Waals surface area contributed by atoms with Gasteiger partial charge in [0.1, 0.15) is 33.6 Å². The number of hydrogen-bond acceptors (Lipinski definition) is 6. The Morgan fingerprint density at radius 2 is 1.88 bits per heavy atom. The van der Waals surface area contributed by atoms with Gasteiger partial charge in [-0.05, 0) is 44.7 Å². The molecule has 0 aliphatic heterocycles. The van der Waals surface area contributed by atoms with Crippen LogP contribution in [0.4, 0.5) is 14.5 Å². The van der Waals surface area contributed by atoms with Gasteiger partial charge in [0.25, 0.3) is 5.56 Å². The van der Waals surface area contributed by atoms with Gasteiger partial charge in [0.05, 0.1) is 5.25 Å². The molecule has 1 unspecified atom stereocenters. The van der Waals surface area contributed by atoms with Crippen LogP contribution in [0.3, 0.4) is 0 Å². The average molecular weight is 459 g/mol. The number of nitrogens with one attached hydrogen (secondary N) is 2. The lowest BCUT2D eigenvalue weighted by atomic mass is 10.3. The van der Waals surface area contributed by atoms with Gasteiger partial charge in [-0.2, -0.15) is 0 Å². The van der Waals surface area contributed by atoms with E-state index in [0.717, 1.165) is 49.6 Å². The minimum absolute atomic E-state index is 0.0218. The standard InChI is InChI=1S/C21H19F2N5O3S/c1-9(18(29)24-15-12(22)3-2-4-13(15)23)32-20-14-17(25-16(26-20)10-5-6-10)28(11-7-8-11)21(31)27-19(14)30/h2-4,9-11H,5-8H2,1H3,(H,24,29)(H,27,30,31). The van der Waals surface area contributed by atoms with Gasteiger partial charge >= 0.3 is 5.69 Å². The van der Waals surface area contributed by atoms with E-state index in [0.29, 0.717) is 5.82 Å². The number of H-pyrrole nitrogens is 1. The second-order valence-corrected chi connectivity index (χ2v) is 9.40. The number of halogens is 2. The molecule has 2 aliphatic carbocycles. The molecule has 166 valence electrons. The second kappa shape index (κ2) is 7.80. The third-order valence-corrected chi connectivity index (χ3v) is 6.58. The van der Waals surface area contributed by atoms with Gasteiger partial charge in [-0.1, -0.05) is 17.8 Å². The number of para-hydroxylation sites is 1. The van der Waals surface area contributed by atoms with E-state index >= 15 is 0 Å². The van der Waals surface area contributed by atoms with Crippen LogP contribution >= 0.6 is 11.8 Å². The van der Waals surface area contributed by atoms with Gasteiger partial charge in [-0.25, -0.2) is 23.5 Å². The minimum atomic E-state index is -0.885. The molecule has 0 bridgehead atoms. The zero-order chi connectivity index (χ0) is 22.6. The van der Waals surface area contributed by atoms with Crippen LogP contribution in [0.25, 0.3) is 11.0 Å². The molecule has 32 heavy (non-hydrogen) atoms. The molecule has 1 atom stereocenters. The van der Waals surface area contributed by atoms with Crippen molar-refractivity contribution < 1.29 is 13.6 Å². The van der Waals surface area contributed by atoms with E-state index in [2.05, 4.69) is 20.3 Å². The maximum atomic E-state index is 13.9. The number of thioether (sulfide) groups is 1. The molecule has 2 saturated carbocycles. The van der Waals surface area contributed by atoms with E-state index in [4.69, 9.17) is 0 Å². The summed E-state index contributed by atoms with van der Waals surface area (Å²) in [6.45, 7) is 1.55. The summed E-state index contributed by atoms with van der Waals surface area (Å²) in [5, 5.41) is 1.84. The molecule has 11 heteroatoms. The number of aromatic amines is 1. The molecule has 2 fully saturated rings. The summed E-state index contributed by atoms with van der Waals surface area (Å²) in [4.78, 5) is 49.2. The topological polar surface area (TPSA) is 110 Å². The molecule has 2 N–H and O–H groups in total. The maximum Gasteiger partial charge on any atom is 0.330 e. The van der Waals surface area contributed by atoms with Crippen molar-refractivity contribution in [2.75, 3.05) is 5.32 Å². The summed E-state index contributed by atoms with van der Waals surface area (Å²) in [5.74, 6) is -1.73. The monoisotopic (exact) mass is 459 g/mol. The Balaban J connectivity index is 1.53. The molecule has 1 amide bonds. The number of carbonyl (C=O) groups is 1. The summed E-state index contributed by atoms with van der Waals surface area (Å²) in [6, 6.07) is 3.28. The zero-order valence-electron chi connectivity index (χ0n) is 17.0. The number of anilines is 1. The Labute approximate surface area is 184 Å². The van der Waals surface area contributed by atoms with Crippen LogP contribution in [0.1, 0.15) is 50.4 Å². The molecule has 1 aromatic carbocycles. The summed E-state index contributed by atoms with van der Waals surface area (Å²) in [6.07, 6.45) is 3.46. The predicted molar refractivity (Wildman–Crippen MR) is 115 cm³/mol. The molecule has 0 spiro atoms. The van der Waals surface area contributed by atoms with E-state index in [-0.39, 0.29) is 28.0 Å². The van der Waals surface area contributed by atoms with Gasteiger partial charge in [0.2, 0.25) is 5.91 Å². The summed E-state index contributed by atoms with van der Waals surface area (Å²) in [7, 11) is 0. The van der Waals surface area contributed by atoms with Crippen LogP contribution in [0.2, 0.25) is 0 Å². The van der Waals surface area contributed by atoms with Gasteiger partial charge in [0.15, 0.2) is 5.65 Å². The highest BCUT2D eigenvalue weighted by molar-refractivity contribution is 8.00. The second-order valence-electron chi connectivity index (χ2n) is 8.07. The van der Waals surface area contributed by atoms with Crippen molar-refractivity contribution in [2.24, 2.45) is 0 Å². The number of benzene rings is 1. The molecule has 3 aromatic rings. The Morgan fingerprint density at radius 1 is 1.19 bits per heavy atom. The number of carbonyl (C=O) groups excluding carboxylic acids is 1. The molecule has 0 saturated heterocycles. The van der Waals surface area contributed by atoms with Gasteiger partial charge in [0, 0.05) is 12.0 Å². The van der Waals surface area contributed by atoms with Crippen LogP contribution in [0.5, 0.6) is 0 Å². The van der Waals surface area contributed by atoms with E-state index < -0.39 is 39.7 Å². The first-order valence-corrected chi connectivity index (χ1v) is 11.2. The Kier molecular flexibility index (Phi) is 5.07. The first-order valence-electron chi connectivity index (χ1n) is 10.3. The van der Waals surface area contributed by atoms with Crippen molar-refractivity contribution in [3.05, 3.63) is 56.5 Å². The first kappa shape index (κ1) is 20.8. The van der Waals surface area contributed by atoms with Crippen LogP contribution in [0.15, 0.2) is 32.8 Å². The Hall–Kier alpha value is -3.08. The molecule has 8 nitrogen and oxygen atoms in total. The van der Waals surface area contributed by atoms with Crippen molar-refractivity contribution in [1.82, 2.24) is 19.5 Å². The zero-order valence-corrected chi connectivity index (χ0v) is 17.8. The minimum Gasteiger partial charge on any atom is -0.320 e. The fraction of sp³-hybridized carbons (Fsp3) is 0.381. The van der Waals surface area contributed by atoms with E-state index in [9.17, 15) is 23.2 Å². The SMILES string of the molecule is CC(Sc1nc(C2CC2)nc2c1c(=O)[nH]c(=O)n2C1CC1)C(=O)Nc1c(F)cccc1F. The fourth-order valence-corrected chi connectivity index (χ4v) is 4.43. The molecular formula is C21H19F2N5O3S. The highest BCUT2D eigenvalue weighted by Crippen LogP contribution is 2.41. The number of rotatable bonds is 6. The fourth-order valence-electron chi connectivity index (χ4n) is 3.48. The van der Waals surface area contributed by atoms with E-state index in [1.54, 1.807) is 6.92 Å². The van der Waals surface area contributed by atoms with Gasteiger partial charge < -0.3 is 5.32 Å². The van der Waals surface area contributed by atoms with Crippen molar-refractivity contribution in [3.63, 3.8) is 0 Å². The number of amides is 1. The van der Waals surface area contributed by atoms with E-state index in [1.807, 2.05) is 0 Å². The number of hydrogen-bond donors (Lipinski definition) is 2. The molecule has 0 radical (unpaired) electrons. The molecular weight excluding hydrogens is 440 g/mol. The number of aromatic nitrogens is 4. The molecule has 2 aliphatic rings. The van der Waals surface area contributed by atoms with Crippen LogP contribution in [0, 0.1) is 11.6 Å². The van der Waals surface area contributed by atoms with Gasteiger partial charge in [-0.3, -0.25) is 19.1 Å². The summed E-state index contributed by atoms with van der Waals surface area (Å²) < 4.78 is 29.3. The lowest BCUT2D eigenvalue weighted by Crippen LogP contribution is -2.31. The number of nitrogens with zero attached hydrogens (tertiary/aromatic N) is 3. The quantitative estimate of drug-likeness (QED) is 0.433. The summed E-state index contributed by atoms with van der Waals surface area (Å²) >= 11 is 0.989. The molecule has 2 aromatic heterocycles. The maximum absolute atomic E-state index is 13.9. The largest absolute Gasteiger partial charge is 0.330 e. The van der Waals surface area contributed by atoms with Crippen molar-refractivity contribution in [1.29, 1.82) is 0 Å². The predicted octanol–water partition coefficient (Wildman–Crippen LogP) is 3.09. The Morgan fingerprint density at radius 3 is 2.50 bits per heavy atom. The number of fused-ring (bicyclic) bond motifs is 1. The van der Waals surface area contributed by atoms with Crippen LogP contribution in [-0.4, -0.2) is 30.7 Å². The molecule has 5 rings (SSSR count). The highest BCUT2D eigenvalue weighted by Gasteiger charge is 2.33. The first-order chi connectivity index (χ1) is 15.3. The third-order valence-electron chi connectivity index (χ3n) is 5.49. The third kappa shape index (κ3) is 3.81. The van der Waals surface area contributed by atoms with Gasteiger partial charge in [-0.15, -0.1) is 0 Å². The summed E-state index contributed by atoms with van der Waals surface area (Å²) in [5.41, 5.74) is -1.40. The normalized spacial score (nSPS) is 16.8. The average Bonchev–Trinajstić information content (AvgIpc) is 3.63. The van der Waals surface area contributed by atoms with Crippen LogP contribution in [-0.2, 0) is 4.79 Å². The molecule has 2 heterocycles. The van der Waals surface area contributed by atoms with Crippen molar-refractivity contribution in [3.8, 4) is 0 Å². The highest BCUT2D eigenvalue weighted by atomic mass is 32.2. The van der Waals surface area contributed by atoms with E-state index in [1.165, 1.54) is 10.6 Å². The lowest BCUT2D eigenvalue weighted by Gasteiger charge is -2.15. The van der Waals surface area contributed by atoms with Crippen LogP contribution < -0.4 is 16.6 Å². The van der Waals surface area contributed by atoms with Crippen molar-refractivity contribution in [2.45, 2.75) is 54.8 Å². The lowest BCUT2D eigenvalue weighted by molar-refractivity contribution is -0.115. The Bertz CT molecular complexity index is 1340. The smallest absolute Gasteiger partial charge is 0.320 e.